The molecule has 0 radical (unpaired) electrons. The van der Waals surface area contributed by atoms with Gasteiger partial charge in [0, 0.05) is 38.8 Å². The van der Waals surface area contributed by atoms with E-state index in [1.165, 1.54) is 0 Å². The number of aliphatic hydroxyl groups excluding tert-OH is 1. The van der Waals surface area contributed by atoms with E-state index in [-0.39, 0.29) is 12.6 Å². The average molecular weight is 309 g/mol. The highest BCUT2D eigenvalue weighted by atomic mass is 16.5. The molecule has 1 aromatic carbocycles. The van der Waals surface area contributed by atoms with Crippen LogP contribution in [-0.4, -0.2) is 73.5 Å². The molecule has 22 heavy (non-hydrogen) atoms. The Bertz CT molecular complexity index is 489. The van der Waals surface area contributed by atoms with E-state index >= 15 is 0 Å². The van der Waals surface area contributed by atoms with E-state index in [1.807, 2.05) is 18.2 Å². The number of hydrogen-bond donors (Lipinski definition) is 2. The highest BCUT2D eigenvalue weighted by Gasteiger charge is 2.21. The number of β-amino-alcohol motifs (C(OH)–C–C–N with tert-alkyl or cyclic N) is 1. The molecular weight excluding hydrogens is 286 g/mol. The number of methoxy groups -OCH3 is 1. The number of piperazine rings is 1. The number of primary amides is 1. The van der Waals surface area contributed by atoms with Gasteiger partial charge in [0.1, 0.15) is 24.2 Å². The van der Waals surface area contributed by atoms with Gasteiger partial charge in [-0.25, -0.2) is 4.79 Å². The molecule has 0 saturated carbocycles. The highest BCUT2D eigenvalue weighted by molar-refractivity contribution is 5.72. The smallest absolute Gasteiger partial charge is 0.314 e. The van der Waals surface area contributed by atoms with Gasteiger partial charge in [-0.15, -0.1) is 0 Å². The van der Waals surface area contributed by atoms with Gasteiger partial charge in [-0.2, -0.15) is 0 Å². The van der Waals surface area contributed by atoms with Crippen LogP contribution >= 0.6 is 0 Å². The second-order valence-corrected chi connectivity index (χ2v) is 5.27. The first-order chi connectivity index (χ1) is 10.6. The largest absolute Gasteiger partial charge is 0.497 e. The maximum Gasteiger partial charge on any atom is 0.314 e. The molecule has 1 atom stereocenters. The molecule has 1 aromatic rings. The van der Waals surface area contributed by atoms with Gasteiger partial charge in [-0.3, -0.25) is 4.90 Å². The van der Waals surface area contributed by atoms with E-state index in [4.69, 9.17) is 15.2 Å². The summed E-state index contributed by atoms with van der Waals surface area (Å²) < 4.78 is 10.7. The molecule has 1 aliphatic rings. The molecule has 0 bridgehead atoms. The molecule has 1 aliphatic heterocycles. The van der Waals surface area contributed by atoms with Gasteiger partial charge in [0.05, 0.1) is 7.11 Å². The van der Waals surface area contributed by atoms with Gasteiger partial charge in [0.15, 0.2) is 0 Å². The SMILES string of the molecule is COc1cccc(OCC(O)CN2CCN(C(N)=O)CC2)c1. The standard InChI is InChI=1S/C15H23N3O4/c1-21-13-3-2-4-14(9-13)22-11-12(19)10-17-5-7-18(8-6-17)15(16)20/h2-4,9,12,19H,5-8,10-11H2,1H3,(H2,16,20). The lowest BCUT2D eigenvalue weighted by atomic mass is 10.2. The fraction of sp³-hybridized carbons (Fsp3) is 0.533. The van der Waals surface area contributed by atoms with Crippen molar-refractivity contribution >= 4 is 6.03 Å². The lowest BCUT2D eigenvalue weighted by molar-refractivity contribution is 0.0522. The predicted octanol–water partition coefficient (Wildman–Crippen LogP) is 0.131. The maximum absolute atomic E-state index is 11.0. The van der Waals surface area contributed by atoms with Crippen LogP contribution in [0.1, 0.15) is 0 Å². The number of urea groups is 1. The van der Waals surface area contributed by atoms with Gasteiger partial charge in [0.2, 0.25) is 0 Å². The summed E-state index contributed by atoms with van der Waals surface area (Å²) in [5, 5.41) is 10.1. The Morgan fingerprint density at radius 2 is 2.00 bits per heavy atom. The molecule has 1 fully saturated rings. The van der Waals surface area contributed by atoms with E-state index in [0.29, 0.717) is 38.5 Å². The molecule has 122 valence electrons. The minimum atomic E-state index is -0.591. The molecule has 0 aromatic heterocycles. The minimum Gasteiger partial charge on any atom is -0.497 e. The number of rotatable bonds is 6. The lowest BCUT2D eigenvalue weighted by Gasteiger charge is -2.34. The van der Waals surface area contributed by atoms with Gasteiger partial charge < -0.3 is 25.2 Å². The van der Waals surface area contributed by atoms with Crippen molar-refractivity contribution in [3.05, 3.63) is 24.3 Å². The first-order valence-corrected chi connectivity index (χ1v) is 7.30. The third-order valence-corrected chi connectivity index (χ3v) is 3.64. The number of nitrogens with two attached hydrogens (primary N) is 1. The molecular formula is C15H23N3O4. The minimum absolute atomic E-state index is 0.212. The molecule has 0 spiro atoms. The average Bonchev–Trinajstić information content (AvgIpc) is 2.53. The zero-order valence-electron chi connectivity index (χ0n) is 12.8. The Labute approximate surface area is 130 Å². The highest BCUT2D eigenvalue weighted by Crippen LogP contribution is 2.19. The molecule has 7 nitrogen and oxygen atoms in total. The van der Waals surface area contributed by atoms with E-state index in [0.717, 1.165) is 5.75 Å². The molecule has 7 heteroatoms. The second kappa shape index (κ2) is 7.86. The van der Waals surface area contributed by atoms with Crippen LogP contribution in [-0.2, 0) is 0 Å². The van der Waals surface area contributed by atoms with Crippen LogP contribution in [0.2, 0.25) is 0 Å². The van der Waals surface area contributed by atoms with Crippen molar-refractivity contribution in [2.24, 2.45) is 5.73 Å². The Morgan fingerprint density at radius 3 is 2.64 bits per heavy atom. The van der Waals surface area contributed by atoms with Crippen LogP contribution in [0.15, 0.2) is 24.3 Å². The zero-order valence-corrected chi connectivity index (χ0v) is 12.8. The summed E-state index contributed by atoms with van der Waals surface area (Å²) >= 11 is 0. The fourth-order valence-corrected chi connectivity index (χ4v) is 2.38. The number of carbonyl (C=O) groups is 1. The number of benzene rings is 1. The van der Waals surface area contributed by atoms with Gasteiger partial charge in [-0.1, -0.05) is 6.07 Å². The van der Waals surface area contributed by atoms with Crippen LogP contribution in [0.25, 0.3) is 0 Å². The molecule has 2 rings (SSSR count). The number of aliphatic hydroxyl groups is 1. The van der Waals surface area contributed by atoms with Crippen LogP contribution in [0.4, 0.5) is 4.79 Å². The first kappa shape index (κ1) is 16.4. The van der Waals surface area contributed by atoms with Crippen LogP contribution in [0.5, 0.6) is 11.5 Å². The monoisotopic (exact) mass is 309 g/mol. The van der Waals surface area contributed by atoms with Crippen LogP contribution in [0, 0.1) is 0 Å². The molecule has 1 heterocycles. The number of hydrogen-bond acceptors (Lipinski definition) is 5. The summed E-state index contributed by atoms with van der Waals surface area (Å²) in [6, 6.07) is 6.88. The van der Waals surface area contributed by atoms with Crippen molar-refractivity contribution in [2.75, 3.05) is 46.4 Å². The molecule has 2 amide bonds. The quantitative estimate of drug-likeness (QED) is 0.780. The second-order valence-electron chi connectivity index (χ2n) is 5.27. The third-order valence-electron chi connectivity index (χ3n) is 3.64. The van der Waals surface area contributed by atoms with E-state index < -0.39 is 6.10 Å². The Morgan fingerprint density at radius 1 is 1.32 bits per heavy atom. The molecule has 1 unspecified atom stereocenters. The van der Waals surface area contributed by atoms with Crippen LogP contribution in [0.3, 0.4) is 0 Å². The molecule has 1 saturated heterocycles. The van der Waals surface area contributed by atoms with E-state index in [1.54, 1.807) is 18.1 Å². The van der Waals surface area contributed by atoms with Crippen molar-refractivity contribution in [3.63, 3.8) is 0 Å². The molecule has 0 aliphatic carbocycles. The Hall–Kier alpha value is -1.99. The fourth-order valence-electron chi connectivity index (χ4n) is 2.38. The summed E-state index contributed by atoms with van der Waals surface area (Å²) in [5.41, 5.74) is 5.24. The molecule has 3 N–H and O–H groups in total. The topological polar surface area (TPSA) is 88.3 Å². The summed E-state index contributed by atoms with van der Waals surface area (Å²) in [7, 11) is 1.60. The van der Waals surface area contributed by atoms with Crippen LogP contribution < -0.4 is 15.2 Å². The summed E-state index contributed by atoms with van der Waals surface area (Å²) in [6.45, 7) is 3.33. The van der Waals surface area contributed by atoms with Gasteiger partial charge in [-0.05, 0) is 12.1 Å². The maximum atomic E-state index is 11.0. The predicted molar refractivity (Wildman–Crippen MR) is 82.1 cm³/mol. The number of carbonyl (C=O) groups excluding carboxylic acids is 1. The van der Waals surface area contributed by atoms with Gasteiger partial charge in [0.25, 0.3) is 0 Å². The van der Waals surface area contributed by atoms with Crippen molar-refractivity contribution in [2.45, 2.75) is 6.10 Å². The van der Waals surface area contributed by atoms with E-state index in [9.17, 15) is 9.90 Å². The number of ether oxygens (including phenoxy) is 2. The zero-order chi connectivity index (χ0) is 15.9. The van der Waals surface area contributed by atoms with Crippen molar-refractivity contribution < 1.29 is 19.4 Å². The number of nitrogens with zero attached hydrogens (tertiary/aromatic N) is 2. The Kier molecular flexibility index (Phi) is 5.85. The summed E-state index contributed by atoms with van der Waals surface area (Å²) in [5.74, 6) is 1.38. The Balaban J connectivity index is 1.72. The summed E-state index contributed by atoms with van der Waals surface area (Å²) in [4.78, 5) is 14.7. The van der Waals surface area contributed by atoms with Crippen molar-refractivity contribution in [1.29, 1.82) is 0 Å². The normalized spacial score (nSPS) is 17.1. The summed E-state index contributed by atoms with van der Waals surface area (Å²) in [6.07, 6.45) is -0.591. The van der Waals surface area contributed by atoms with Crippen molar-refractivity contribution in [3.8, 4) is 11.5 Å². The third kappa shape index (κ3) is 4.78. The lowest BCUT2D eigenvalue weighted by Crippen LogP contribution is -2.52. The van der Waals surface area contributed by atoms with Crippen molar-refractivity contribution in [1.82, 2.24) is 9.80 Å². The number of amides is 2. The van der Waals surface area contributed by atoms with E-state index in [2.05, 4.69) is 4.90 Å². The first-order valence-electron chi connectivity index (χ1n) is 7.30. The van der Waals surface area contributed by atoms with Gasteiger partial charge >= 0.3 is 6.03 Å².